The van der Waals surface area contributed by atoms with Crippen molar-refractivity contribution in [3.8, 4) is 22.8 Å². The van der Waals surface area contributed by atoms with Gasteiger partial charge < -0.3 is 9.47 Å². The topological polar surface area (TPSA) is 60.5 Å². The van der Waals surface area contributed by atoms with Gasteiger partial charge in [-0.3, -0.25) is 10.1 Å². The van der Waals surface area contributed by atoms with Crippen molar-refractivity contribution >= 4 is 22.4 Å². The molecule has 0 spiro atoms. The second kappa shape index (κ2) is 8.89. The summed E-state index contributed by atoms with van der Waals surface area (Å²) in [5, 5.41) is 5.24. The van der Waals surface area contributed by atoms with Crippen LogP contribution in [0.5, 0.6) is 11.5 Å². The summed E-state index contributed by atoms with van der Waals surface area (Å²) in [6.07, 6.45) is 0. The van der Waals surface area contributed by atoms with Crippen LogP contribution in [0.15, 0.2) is 41.8 Å². The number of ether oxygens (including phenoxy) is 2. The average Bonchev–Trinajstić information content (AvgIpc) is 3.12. The van der Waals surface area contributed by atoms with E-state index in [0.717, 1.165) is 39.4 Å². The van der Waals surface area contributed by atoms with Crippen LogP contribution >= 0.6 is 11.3 Å². The molecular formula is C22H24N2O3S. The van der Waals surface area contributed by atoms with Crippen molar-refractivity contribution in [3.63, 3.8) is 0 Å². The number of amides is 1. The van der Waals surface area contributed by atoms with Crippen molar-refractivity contribution in [2.24, 2.45) is 0 Å². The zero-order valence-electron chi connectivity index (χ0n) is 16.5. The number of para-hydroxylation sites is 1. The first-order valence-electron chi connectivity index (χ1n) is 9.16. The van der Waals surface area contributed by atoms with Crippen LogP contribution in [0.25, 0.3) is 11.3 Å². The van der Waals surface area contributed by atoms with Crippen molar-refractivity contribution in [2.45, 2.75) is 27.7 Å². The molecule has 1 amide bonds. The molecule has 0 atom stereocenters. The highest BCUT2D eigenvalue weighted by atomic mass is 32.1. The third-order valence-electron chi connectivity index (χ3n) is 4.34. The second-order valence-electron chi connectivity index (χ2n) is 6.51. The first kappa shape index (κ1) is 19.9. The summed E-state index contributed by atoms with van der Waals surface area (Å²) in [6, 6.07) is 11.8. The third kappa shape index (κ3) is 4.70. The lowest BCUT2D eigenvalue weighted by Gasteiger charge is -2.12. The smallest absolute Gasteiger partial charge is 0.264 e. The fourth-order valence-electron chi connectivity index (χ4n) is 2.86. The van der Waals surface area contributed by atoms with Gasteiger partial charge in [-0.25, -0.2) is 4.98 Å². The Balaban J connectivity index is 1.65. The summed E-state index contributed by atoms with van der Waals surface area (Å²) >= 11 is 1.38. The normalized spacial score (nSPS) is 10.6. The van der Waals surface area contributed by atoms with E-state index in [-0.39, 0.29) is 12.5 Å². The predicted octanol–water partition coefficient (Wildman–Crippen LogP) is 5.15. The molecule has 3 aromatic rings. The first-order chi connectivity index (χ1) is 13.5. The van der Waals surface area contributed by atoms with Crippen LogP contribution in [0.2, 0.25) is 0 Å². The number of aromatic nitrogens is 1. The molecular weight excluding hydrogens is 372 g/mol. The Labute approximate surface area is 169 Å². The maximum Gasteiger partial charge on any atom is 0.264 e. The molecule has 0 aliphatic carbocycles. The molecule has 146 valence electrons. The molecule has 28 heavy (non-hydrogen) atoms. The van der Waals surface area contributed by atoms with Crippen molar-refractivity contribution < 1.29 is 14.3 Å². The number of nitrogens with one attached hydrogen (secondary N) is 1. The van der Waals surface area contributed by atoms with Gasteiger partial charge in [0.25, 0.3) is 5.91 Å². The van der Waals surface area contributed by atoms with Crippen molar-refractivity contribution in [2.75, 3.05) is 18.5 Å². The van der Waals surface area contributed by atoms with Crippen LogP contribution in [0.4, 0.5) is 5.13 Å². The molecule has 0 bridgehead atoms. The van der Waals surface area contributed by atoms with E-state index in [0.29, 0.717) is 11.7 Å². The predicted molar refractivity (Wildman–Crippen MR) is 113 cm³/mol. The van der Waals surface area contributed by atoms with Crippen LogP contribution in [0.3, 0.4) is 0 Å². The lowest BCUT2D eigenvalue weighted by Crippen LogP contribution is -2.20. The lowest BCUT2D eigenvalue weighted by atomic mass is 10.1. The number of carbonyl (C=O) groups excluding carboxylic acids is 1. The Morgan fingerprint density at radius 1 is 1.11 bits per heavy atom. The number of benzene rings is 2. The number of rotatable bonds is 7. The Bertz CT molecular complexity index is 982. The molecule has 0 radical (unpaired) electrons. The number of thiazole rings is 1. The molecule has 1 N–H and O–H groups in total. The van der Waals surface area contributed by atoms with E-state index in [1.807, 2.05) is 63.4 Å². The van der Waals surface area contributed by atoms with E-state index in [4.69, 9.17) is 9.47 Å². The fraction of sp³-hybridized carbons (Fsp3) is 0.273. The number of hydrogen-bond donors (Lipinski definition) is 1. The van der Waals surface area contributed by atoms with E-state index in [2.05, 4.69) is 16.4 Å². The van der Waals surface area contributed by atoms with Gasteiger partial charge in [0, 0.05) is 10.9 Å². The highest BCUT2D eigenvalue weighted by molar-refractivity contribution is 7.14. The largest absolute Gasteiger partial charge is 0.493 e. The Hall–Kier alpha value is -2.86. The minimum atomic E-state index is -0.238. The van der Waals surface area contributed by atoms with Gasteiger partial charge in [0.05, 0.1) is 12.3 Å². The van der Waals surface area contributed by atoms with Crippen LogP contribution in [-0.4, -0.2) is 24.1 Å². The standard InChI is InChI=1S/C22H24N2O3S/c1-5-26-19-9-7-6-8-17(19)18-13-28-22(23-18)24-21(25)12-27-20-11-14(2)10-15(3)16(20)4/h6-11,13H,5,12H2,1-4H3,(H,23,24,25). The van der Waals surface area contributed by atoms with Gasteiger partial charge in [-0.2, -0.15) is 0 Å². The minimum absolute atomic E-state index is 0.0613. The maximum absolute atomic E-state index is 12.3. The summed E-state index contributed by atoms with van der Waals surface area (Å²) in [7, 11) is 0. The molecule has 2 aromatic carbocycles. The number of hydrogen-bond acceptors (Lipinski definition) is 5. The molecule has 1 aromatic heterocycles. The molecule has 0 aliphatic heterocycles. The summed E-state index contributed by atoms with van der Waals surface area (Å²) in [6.45, 7) is 8.50. The second-order valence-corrected chi connectivity index (χ2v) is 7.37. The van der Waals surface area contributed by atoms with Crippen LogP contribution < -0.4 is 14.8 Å². The number of carbonyl (C=O) groups is 1. The van der Waals surface area contributed by atoms with Gasteiger partial charge in [0.2, 0.25) is 0 Å². The van der Waals surface area contributed by atoms with E-state index in [9.17, 15) is 4.79 Å². The molecule has 0 saturated heterocycles. The molecule has 0 unspecified atom stereocenters. The quantitative estimate of drug-likeness (QED) is 0.600. The van der Waals surface area contributed by atoms with Crippen LogP contribution in [0, 0.1) is 20.8 Å². The van der Waals surface area contributed by atoms with E-state index in [1.165, 1.54) is 11.3 Å². The molecule has 1 heterocycles. The van der Waals surface area contributed by atoms with E-state index in [1.54, 1.807) is 0 Å². The van der Waals surface area contributed by atoms with Crippen LogP contribution in [0.1, 0.15) is 23.6 Å². The highest BCUT2D eigenvalue weighted by Crippen LogP contribution is 2.32. The van der Waals surface area contributed by atoms with Crippen molar-refractivity contribution in [1.29, 1.82) is 0 Å². The van der Waals surface area contributed by atoms with E-state index < -0.39 is 0 Å². The molecule has 0 aliphatic rings. The average molecular weight is 397 g/mol. The Morgan fingerprint density at radius 3 is 2.68 bits per heavy atom. The molecule has 0 saturated carbocycles. The van der Waals surface area contributed by atoms with Gasteiger partial charge >= 0.3 is 0 Å². The van der Waals surface area contributed by atoms with E-state index >= 15 is 0 Å². The molecule has 3 rings (SSSR count). The zero-order valence-corrected chi connectivity index (χ0v) is 17.4. The number of aryl methyl sites for hydroxylation is 2. The molecule has 6 heteroatoms. The fourth-order valence-corrected chi connectivity index (χ4v) is 3.59. The van der Waals surface area contributed by atoms with Gasteiger partial charge in [-0.05, 0) is 62.6 Å². The summed E-state index contributed by atoms with van der Waals surface area (Å²) in [5.74, 6) is 1.28. The van der Waals surface area contributed by atoms with Crippen molar-refractivity contribution in [3.05, 3.63) is 58.5 Å². The van der Waals surface area contributed by atoms with Gasteiger partial charge in [0.1, 0.15) is 11.5 Å². The number of anilines is 1. The Morgan fingerprint density at radius 2 is 1.89 bits per heavy atom. The van der Waals surface area contributed by atoms with Crippen LogP contribution in [-0.2, 0) is 4.79 Å². The third-order valence-corrected chi connectivity index (χ3v) is 5.09. The van der Waals surface area contributed by atoms with Crippen molar-refractivity contribution in [1.82, 2.24) is 4.98 Å². The molecule has 0 fully saturated rings. The van der Waals surface area contributed by atoms with Gasteiger partial charge in [-0.15, -0.1) is 11.3 Å². The SMILES string of the molecule is CCOc1ccccc1-c1csc(NC(=O)COc2cc(C)cc(C)c2C)n1. The maximum atomic E-state index is 12.3. The van der Waals surface area contributed by atoms with Gasteiger partial charge in [0.15, 0.2) is 11.7 Å². The monoisotopic (exact) mass is 396 g/mol. The molecule has 5 nitrogen and oxygen atoms in total. The zero-order chi connectivity index (χ0) is 20.1. The lowest BCUT2D eigenvalue weighted by molar-refractivity contribution is -0.118. The number of nitrogens with zero attached hydrogens (tertiary/aromatic N) is 1. The van der Waals surface area contributed by atoms with Gasteiger partial charge in [-0.1, -0.05) is 18.2 Å². The summed E-state index contributed by atoms with van der Waals surface area (Å²) in [5.41, 5.74) is 4.98. The minimum Gasteiger partial charge on any atom is -0.493 e. The first-order valence-corrected chi connectivity index (χ1v) is 10.0. The summed E-state index contributed by atoms with van der Waals surface area (Å²) < 4.78 is 11.4. The Kier molecular flexibility index (Phi) is 6.31. The highest BCUT2D eigenvalue weighted by Gasteiger charge is 2.13. The summed E-state index contributed by atoms with van der Waals surface area (Å²) in [4.78, 5) is 16.8.